The molecule has 3 unspecified atom stereocenters. The Morgan fingerprint density at radius 3 is 0.835 bits per heavy atom. The van der Waals surface area contributed by atoms with Gasteiger partial charge in [-0.05, 0) is 31.6 Å². The van der Waals surface area contributed by atoms with Gasteiger partial charge in [-0.2, -0.15) is 0 Å². The molecule has 0 radical (unpaired) electrons. The first kappa shape index (κ1) is 83.1. The summed E-state index contributed by atoms with van der Waals surface area (Å²) < 4.78 is 67.9. The zero-order valence-electron chi connectivity index (χ0n) is 54.7. The Morgan fingerprint density at radius 1 is 0.329 bits per heavy atom. The Hall–Kier alpha value is -1.94. The third kappa shape index (κ3) is 59.5. The molecule has 0 aromatic carbocycles. The lowest BCUT2D eigenvalue weighted by Gasteiger charge is -2.21. The van der Waals surface area contributed by atoms with Crippen molar-refractivity contribution in [3.05, 3.63) is 0 Å². The van der Waals surface area contributed by atoms with Gasteiger partial charge < -0.3 is 33.8 Å². The van der Waals surface area contributed by atoms with Crippen LogP contribution in [-0.4, -0.2) is 96.7 Å². The zero-order valence-corrected chi connectivity index (χ0v) is 56.5. The maximum absolute atomic E-state index is 13.0. The normalized spacial score (nSPS) is 14.5. The highest BCUT2D eigenvalue weighted by atomic mass is 31.2. The second-order valence-corrected chi connectivity index (χ2v) is 27.0. The number of aliphatic hydroxyl groups is 1. The monoisotopic (exact) mass is 1250 g/mol. The minimum atomic E-state index is -4.95. The molecule has 0 aliphatic rings. The minimum absolute atomic E-state index is 0.105. The van der Waals surface area contributed by atoms with Gasteiger partial charge in [-0.15, -0.1) is 0 Å². The number of carbonyl (C=O) groups is 4. The van der Waals surface area contributed by atoms with Crippen LogP contribution in [0.3, 0.4) is 0 Å². The molecule has 19 heteroatoms. The summed E-state index contributed by atoms with van der Waals surface area (Å²) in [5.74, 6) is -1.33. The number of esters is 4. The molecule has 17 nitrogen and oxygen atoms in total. The lowest BCUT2D eigenvalue weighted by atomic mass is 9.99. The van der Waals surface area contributed by atoms with Crippen LogP contribution in [0.1, 0.15) is 336 Å². The van der Waals surface area contributed by atoms with E-state index in [4.69, 9.17) is 37.0 Å². The molecule has 0 aromatic rings. The van der Waals surface area contributed by atoms with Gasteiger partial charge in [-0.25, -0.2) is 9.13 Å². The van der Waals surface area contributed by atoms with E-state index in [1.807, 2.05) is 0 Å². The lowest BCUT2D eigenvalue weighted by molar-refractivity contribution is -0.161. The van der Waals surface area contributed by atoms with Gasteiger partial charge in [0.25, 0.3) is 0 Å². The predicted molar refractivity (Wildman–Crippen MR) is 340 cm³/mol. The number of phosphoric acid groups is 2. The largest absolute Gasteiger partial charge is 0.472 e. The summed E-state index contributed by atoms with van der Waals surface area (Å²) in [5.41, 5.74) is 0. The van der Waals surface area contributed by atoms with E-state index in [0.717, 1.165) is 115 Å². The minimum Gasteiger partial charge on any atom is -0.462 e. The molecule has 0 rings (SSSR count). The molecule has 0 saturated heterocycles. The maximum atomic E-state index is 13.0. The molecule has 0 heterocycles. The van der Waals surface area contributed by atoms with Crippen molar-refractivity contribution in [3.63, 3.8) is 0 Å². The van der Waals surface area contributed by atoms with Crippen LogP contribution >= 0.6 is 15.6 Å². The smallest absolute Gasteiger partial charge is 0.462 e. The van der Waals surface area contributed by atoms with Gasteiger partial charge in [0.1, 0.15) is 19.3 Å². The van der Waals surface area contributed by atoms with E-state index in [9.17, 15) is 43.2 Å². The molecular weight excluding hydrogens is 1130 g/mol. The molecule has 0 saturated carbocycles. The van der Waals surface area contributed by atoms with Gasteiger partial charge in [0.2, 0.25) is 0 Å². The van der Waals surface area contributed by atoms with E-state index in [2.05, 4.69) is 34.6 Å². The summed E-state index contributed by atoms with van der Waals surface area (Å²) in [5, 5.41) is 10.5. The molecular formula is C66H128O17P2. The highest BCUT2D eigenvalue weighted by Crippen LogP contribution is 2.45. The first-order valence-electron chi connectivity index (χ1n) is 34.7. The molecule has 85 heavy (non-hydrogen) atoms. The first-order valence-corrected chi connectivity index (χ1v) is 37.7. The van der Waals surface area contributed by atoms with E-state index >= 15 is 0 Å². The lowest BCUT2D eigenvalue weighted by Crippen LogP contribution is -2.30. The van der Waals surface area contributed by atoms with Crippen LogP contribution in [0.25, 0.3) is 0 Å². The molecule has 0 bridgehead atoms. The quantitative estimate of drug-likeness (QED) is 0.0222. The Balaban J connectivity index is 5.19. The van der Waals surface area contributed by atoms with Gasteiger partial charge in [0.05, 0.1) is 26.4 Å². The summed E-state index contributed by atoms with van der Waals surface area (Å²) in [7, 11) is -9.88. The number of hydrogen-bond acceptors (Lipinski definition) is 15. The topological polar surface area (TPSA) is 237 Å². The third-order valence-corrected chi connectivity index (χ3v) is 17.5. The van der Waals surface area contributed by atoms with Crippen molar-refractivity contribution in [2.45, 2.75) is 355 Å². The Kier molecular flexibility index (Phi) is 58.3. The van der Waals surface area contributed by atoms with E-state index < -0.39 is 97.5 Å². The number of phosphoric ester groups is 2. The van der Waals surface area contributed by atoms with Gasteiger partial charge >= 0.3 is 39.5 Å². The van der Waals surface area contributed by atoms with Crippen molar-refractivity contribution in [2.75, 3.05) is 39.6 Å². The van der Waals surface area contributed by atoms with Gasteiger partial charge in [-0.3, -0.25) is 37.3 Å². The van der Waals surface area contributed by atoms with Crippen LogP contribution in [0.5, 0.6) is 0 Å². The summed E-state index contributed by atoms with van der Waals surface area (Å²) in [6, 6.07) is 0. The predicted octanol–water partition coefficient (Wildman–Crippen LogP) is 18.6. The molecule has 0 aromatic heterocycles. The summed E-state index contributed by atoms with van der Waals surface area (Å²) in [6.45, 7) is 7.18. The highest BCUT2D eigenvalue weighted by molar-refractivity contribution is 7.47. The Bertz CT molecular complexity index is 1650. The first-order chi connectivity index (χ1) is 41.1. The molecule has 0 fully saturated rings. The van der Waals surface area contributed by atoms with E-state index in [1.54, 1.807) is 0 Å². The highest BCUT2D eigenvalue weighted by Gasteiger charge is 2.30. The fraction of sp³-hybridized carbons (Fsp3) is 0.939. The second-order valence-electron chi connectivity index (χ2n) is 24.1. The molecule has 504 valence electrons. The van der Waals surface area contributed by atoms with Gasteiger partial charge in [0.15, 0.2) is 12.2 Å². The van der Waals surface area contributed by atoms with Crippen LogP contribution in [0.2, 0.25) is 0 Å². The Labute approximate surface area is 517 Å². The Morgan fingerprint density at radius 2 is 0.565 bits per heavy atom. The van der Waals surface area contributed by atoms with Crippen molar-refractivity contribution >= 4 is 39.5 Å². The maximum Gasteiger partial charge on any atom is 0.472 e. The van der Waals surface area contributed by atoms with Crippen molar-refractivity contribution < 1.29 is 80.2 Å². The molecule has 0 spiro atoms. The van der Waals surface area contributed by atoms with Crippen molar-refractivity contribution in [1.29, 1.82) is 0 Å². The summed E-state index contributed by atoms with van der Waals surface area (Å²) >= 11 is 0. The van der Waals surface area contributed by atoms with Crippen LogP contribution < -0.4 is 0 Å². The number of ether oxygens (including phenoxy) is 4. The van der Waals surface area contributed by atoms with Crippen LogP contribution in [-0.2, 0) is 65.4 Å². The molecule has 0 aliphatic carbocycles. The zero-order chi connectivity index (χ0) is 62.8. The average Bonchev–Trinajstić information content (AvgIpc) is 3.56. The SMILES string of the molecule is CCCCCCCCCCCCCCCCCCC(=O)O[C@H](COC(=O)CCCCCCCCCCCCC(C)CC)COP(=O)(O)OC[C@@H](O)COP(=O)(O)OC[C@@H](COC(=O)CCCCCCCCC)OC(=O)CCCCCCCCCC. The fourth-order valence-electron chi connectivity index (χ4n) is 9.90. The van der Waals surface area contributed by atoms with Crippen molar-refractivity contribution in [3.8, 4) is 0 Å². The molecule has 3 N–H and O–H groups in total. The standard InChI is InChI=1S/C66H128O17P2/c1-6-10-13-16-19-21-22-23-24-25-26-27-32-37-42-47-52-66(71)83-62(56-77-64(69)50-45-40-36-31-29-28-30-34-38-43-48-59(5)9-4)58-81-85(74,75)79-54-60(67)53-78-84(72,73)80-57-61(55-76-63(68)49-44-39-33-18-15-12-8-3)82-65(70)51-46-41-35-20-17-14-11-7-2/h59-62,67H,6-58H2,1-5H3,(H,72,73)(H,74,75)/t59?,60-,61+,62+/m0/s1. The van der Waals surface area contributed by atoms with Gasteiger partial charge in [-0.1, -0.05) is 285 Å². The number of unbranched alkanes of at least 4 members (excludes halogenated alkanes) is 37. The molecule has 6 atom stereocenters. The number of carbonyl (C=O) groups excluding carboxylic acids is 4. The number of rotatable bonds is 66. The number of aliphatic hydroxyl groups excluding tert-OH is 1. The number of hydrogen-bond donors (Lipinski definition) is 3. The summed E-state index contributed by atoms with van der Waals surface area (Å²) in [4.78, 5) is 72.1. The van der Waals surface area contributed by atoms with Crippen molar-refractivity contribution in [1.82, 2.24) is 0 Å². The van der Waals surface area contributed by atoms with Crippen LogP contribution in [0.15, 0.2) is 0 Å². The van der Waals surface area contributed by atoms with Crippen LogP contribution in [0.4, 0.5) is 0 Å². The summed E-state index contributed by atoms with van der Waals surface area (Å²) in [6.07, 6.45) is 44.5. The van der Waals surface area contributed by atoms with E-state index in [1.165, 1.54) is 141 Å². The third-order valence-electron chi connectivity index (χ3n) is 15.6. The molecule has 0 aliphatic heterocycles. The van der Waals surface area contributed by atoms with E-state index in [-0.39, 0.29) is 25.7 Å². The van der Waals surface area contributed by atoms with E-state index in [0.29, 0.717) is 25.7 Å². The second kappa shape index (κ2) is 59.7. The van der Waals surface area contributed by atoms with Crippen LogP contribution in [0, 0.1) is 5.92 Å². The average molecular weight is 1260 g/mol. The van der Waals surface area contributed by atoms with Gasteiger partial charge in [0, 0.05) is 25.7 Å². The fourth-order valence-corrected chi connectivity index (χ4v) is 11.5. The molecule has 0 amide bonds. The van der Waals surface area contributed by atoms with Crippen molar-refractivity contribution in [2.24, 2.45) is 5.92 Å².